The molecule has 0 bridgehead atoms. The maximum atomic E-state index is 12.5. The standard InChI is InChI=1S/C17H17N5O3S/c1-10-11(2)26-16-14(10)17(25)22(9-19-16)8-6-13(23)20-21-15(24)12-5-3-4-7-18-12/h3-5,7,9H,6,8H2,1-2H3,(H,20,23)(H,21,24). The number of fused-ring (bicyclic) bond motifs is 1. The van der Waals surface area contributed by atoms with E-state index in [1.54, 1.807) is 12.1 Å². The fourth-order valence-corrected chi connectivity index (χ4v) is 3.39. The van der Waals surface area contributed by atoms with Crippen molar-refractivity contribution in [2.24, 2.45) is 0 Å². The highest BCUT2D eigenvalue weighted by Gasteiger charge is 2.13. The summed E-state index contributed by atoms with van der Waals surface area (Å²) in [6.45, 7) is 4.01. The third-order valence-electron chi connectivity index (χ3n) is 3.95. The monoisotopic (exact) mass is 371 g/mol. The van der Waals surface area contributed by atoms with Crippen LogP contribution >= 0.6 is 11.3 Å². The van der Waals surface area contributed by atoms with Crippen molar-refractivity contribution >= 4 is 33.4 Å². The number of amides is 2. The van der Waals surface area contributed by atoms with Gasteiger partial charge in [-0.1, -0.05) is 6.07 Å². The fraction of sp³-hybridized carbons (Fsp3) is 0.235. The molecule has 0 saturated carbocycles. The Kier molecular flexibility index (Phi) is 5.08. The Morgan fingerprint density at radius 3 is 2.73 bits per heavy atom. The van der Waals surface area contributed by atoms with E-state index >= 15 is 0 Å². The molecule has 3 heterocycles. The number of aryl methyl sites for hydroxylation is 3. The van der Waals surface area contributed by atoms with Gasteiger partial charge in [-0.05, 0) is 31.5 Å². The highest BCUT2D eigenvalue weighted by molar-refractivity contribution is 7.18. The molecular formula is C17H17N5O3S. The molecule has 26 heavy (non-hydrogen) atoms. The molecule has 0 aromatic carbocycles. The summed E-state index contributed by atoms with van der Waals surface area (Å²) >= 11 is 1.48. The molecule has 0 fully saturated rings. The van der Waals surface area contributed by atoms with Gasteiger partial charge in [0, 0.05) is 24.0 Å². The first kappa shape index (κ1) is 17.7. The lowest BCUT2D eigenvalue weighted by Crippen LogP contribution is -2.42. The predicted molar refractivity (Wildman–Crippen MR) is 97.8 cm³/mol. The van der Waals surface area contributed by atoms with Crippen LogP contribution in [0.4, 0.5) is 0 Å². The molecule has 0 aliphatic heterocycles. The van der Waals surface area contributed by atoms with Crippen LogP contribution in [-0.2, 0) is 11.3 Å². The van der Waals surface area contributed by atoms with Crippen molar-refractivity contribution in [1.82, 2.24) is 25.4 Å². The van der Waals surface area contributed by atoms with Crippen molar-refractivity contribution in [1.29, 1.82) is 0 Å². The second kappa shape index (κ2) is 7.44. The average molecular weight is 371 g/mol. The van der Waals surface area contributed by atoms with E-state index in [4.69, 9.17) is 0 Å². The molecule has 2 N–H and O–H groups in total. The zero-order chi connectivity index (χ0) is 18.7. The smallest absolute Gasteiger partial charge is 0.288 e. The van der Waals surface area contributed by atoms with Gasteiger partial charge in [0.1, 0.15) is 10.5 Å². The molecule has 0 saturated heterocycles. The predicted octanol–water partition coefficient (Wildman–Crippen LogP) is 1.32. The van der Waals surface area contributed by atoms with Gasteiger partial charge in [-0.3, -0.25) is 34.8 Å². The molecule has 3 aromatic heterocycles. The maximum absolute atomic E-state index is 12.5. The number of hydrogen-bond donors (Lipinski definition) is 2. The van der Waals surface area contributed by atoms with Gasteiger partial charge in [-0.2, -0.15) is 0 Å². The normalized spacial score (nSPS) is 10.7. The van der Waals surface area contributed by atoms with Crippen LogP contribution in [0.1, 0.15) is 27.3 Å². The first-order chi connectivity index (χ1) is 12.5. The van der Waals surface area contributed by atoms with Gasteiger partial charge in [-0.25, -0.2) is 4.98 Å². The Labute approximate surface area is 152 Å². The van der Waals surface area contributed by atoms with Gasteiger partial charge in [0.05, 0.1) is 11.7 Å². The third kappa shape index (κ3) is 3.62. The van der Waals surface area contributed by atoms with Gasteiger partial charge >= 0.3 is 0 Å². The van der Waals surface area contributed by atoms with E-state index in [0.29, 0.717) is 10.2 Å². The van der Waals surface area contributed by atoms with E-state index in [2.05, 4.69) is 20.8 Å². The van der Waals surface area contributed by atoms with Crippen LogP contribution in [0.2, 0.25) is 0 Å². The Hall–Kier alpha value is -3.07. The highest BCUT2D eigenvalue weighted by atomic mass is 32.1. The van der Waals surface area contributed by atoms with Crippen molar-refractivity contribution in [2.75, 3.05) is 0 Å². The topological polar surface area (TPSA) is 106 Å². The number of rotatable bonds is 4. The molecule has 8 nitrogen and oxygen atoms in total. The van der Waals surface area contributed by atoms with E-state index in [1.807, 2.05) is 13.8 Å². The lowest BCUT2D eigenvalue weighted by molar-refractivity contribution is -0.122. The van der Waals surface area contributed by atoms with Gasteiger partial charge in [-0.15, -0.1) is 11.3 Å². The van der Waals surface area contributed by atoms with Gasteiger partial charge in [0.25, 0.3) is 11.5 Å². The van der Waals surface area contributed by atoms with E-state index in [-0.39, 0.29) is 24.2 Å². The zero-order valence-corrected chi connectivity index (χ0v) is 15.1. The number of pyridine rings is 1. The number of hydrogen-bond acceptors (Lipinski definition) is 6. The van der Waals surface area contributed by atoms with Crippen molar-refractivity contribution in [3.63, 3.8) is 0 Å². The van der Waals surface area contributed by atoms with Crippen LogP contribution in [0.25, 0.3) is 10.2 Å². The minimum atomic E-state index is -0.511. The van der Waals surface area contributed by atoms with Crippen LogP contribution in [0.3, 0.4) is 0 Å². The Morgan fingerprint density at radius 2 is 2.00 bits per heavy atom. The fourth-order valence-electron chi connectivity index (χ4n) is 2.40. The molecule has 0 radical (unpaired) electrons. The van der Waals surface area contributed by atoms with Crippen molar-refractivity contribution in [3.05, 3.63) is 57.2 Å². The molecule has 9 heteroatoms. The van der Waals surface area contributed by atoms with Crippen LogP contribution in [0.5, 0.6) is 0 Å². The van der Waals surface area contributed by atoms with Crippen molar-refractivity contribution < 1.29 is 9.59 Å². The Bertz CT molecular complexity index is 1030. The number of aromatic nitrogens is 3. The number of nitrogens with zero attached hydrogens (tertiary/aromatic N) is 3. The molecule has 134 valence electrons. The first-order valence-electron chi connectivity index (χ1n) is 7.92. The summed E-state index contributed by atoms with van der Waals surface area (Å²) in [4.78, 5) is 46.2. The summed E-state index contributed by atoms with van der Waals surface area (Å²) < 4.78 is 1.40. The Morgan fingerprint density at radius 1 is 1.19 bits per heavy atom. The van der Waals surface area contributed by atoms with Crippen LogP contribution < -0.4 is 16.4 Å². The molecule has 3 rings (SSSR count). The van der Waals surface area contributed by atoms with Crippen LogP contribution in [-0.4, -0.2) is 26.3 Å². The van der Waals surface area contributed by atoms with Gasteiger partial charge in [0.2, 0.25) is 5.91 Å². The Balaban J connectivity index is 1.60. The SMILES string of the molecule is Cc1sc2ncn(CCC(=O)NNC(=O)c3ccccn3)c(=O)c2c1C. The summed E-state index contributed by atoms with van der Waals surface area (Å²) in [6, 6.07) is 4.90. The largest absolute Gasteiger partial charge is 0.298 e. The second-order valence-electron chi connectivity index (χ2n) is 5.67. The lowest BCUT2D eigenvalue weighted by atomic mass is 10.2. The molecule has 2 amide bonds. The van der Waals surface area contributed by atoms with Gasteiger partial charge < -0.3 is 0 Å². The number of nitrogens with one attached hydrogen (secondary N) is 2. The summed E-state index contributed by atoms with van der Waals surface area (Å²) in [5.41, 5.74) is 5.55. The average Bonchev–Trinajstić information content (AvgIpc) is 2.94. The summed E-state index contributed by atoms with van der Waals surface area (Å²) in [7, 11) is 0. The molecular weight excluding hydrogens is 354 g/mol. The molecule has 0 atom stereocenters. The second-order valence-corrected chi connectivity index (χ2v) is 6.88. The third-order valence-corrected chi connectivity index (χ3v) is 5.06. The minimum absolute atomic E-state index is 0.0256. The first-order valence-corrected chi connectivity index (χ1v) is 8.74. The number of hydrazine groups is 1. The minimum Gasteiger partial charge on any atom is -0.298 e. The van der Waals surface area contributed by atoms with E-state index < -0.39 is 11.8 Å². The van der Waals surface area contributed by atoms with Gasteiger partial charge in [0.15, 0.2) is 0 Å². The van der Waals surface area contributed by atoms with Crippen molar-refractivity contribution in [2.45, 2.75) is 26.8 Å². The molecule has 0 spiro atoms. The highest BCUT2D eigenvalue weighted by Crippen LogP contribution is 2.25. The molecule has 0 aliphatic rings. The lowest BCUT2D eigenvalue weighted by Gasteiger charge is -2.08. The van der Waals surface area contributed by atoms with Crippen LogP contribution in [0.15, 0.2) is 35.5 Å². The number of carbonyl (C=O) groups is 2. The van der Waals surface area contributed by atoms with E-state index in [1.165, 1.54) is 34.5 Å². The number of carbonyl (C=O) groups excluding carboxylic acids is 2. The van der Waals surface area contributed by atoms with E-state index in [9.17, 15) is 14.4 Å². The summed E-state index contributed by atoms with van der Waals surface area (Å²) in [6.07, 6.45) is 2.96. The maximum Gasteiger partial charge on any atom is 0.288 e. The summed E-state index contributed by atoms with van der Waals surface area (Å²) in [5, 5.41) is 0.596. The molecule has 0 unspecified atom stereocenters. The van der Waals surface area contributed by atoms with Crippen LogP contribution in [0, 0.1) is 13.8 Å². The quantitative estimate of drug-likeness (QED) is 0.673. The zero-order valence-electron chi connectivity index (χ0n) is 14.3. The molecule has 3 aromatic rings. The summed E-state index contributed by atoms with van der Waals surface area (Å²) in [5.74, 6) is -0.928. The van der Waals surface area contributed by atoms with Crippen molar-refractivity contribution in [3.8, 4) is 0 Å². The van der Waals surface area contributed by atoms with E-state index in [0.717, 1.165) is 10.4 Å². The molecule has 0 aliphatic carbocycles. The number of thiophene rings is 1.